The Hall–Kier alpha value is -4.89. The minimum absolute atomic E-state index is 0.0914. The summed E-state index contributed by atoms with van der Waals surface area (Å²) in [5.41, 5.74) is 6.33. The first-order valence-corrected chi connectivity index (χ1v) is 13.9. The zero-order valence-electron chi connectivity index (χ0n) is 22.1. The molecule has 2 aromatic heterocycles. The Kier molecular flexibility index (Phi) is 6.91. The van der Waals surface area contributed by atoms with Crippen LogP contribution in [0.4, 0.5) is 5.69 Å². The molecule has 0 aliphatic rings. The van der Waals surface area contributed by atoms with Crippen molar-refractivity contribution in [2.45, 2.75) is 11.8 Å². The smallest absolute Gasteiger partial charge is 0.281 e. The van der Waals surface area contributed by atoms with E-state index in [0.29, 0.717) is 22.3 Å². The van der Waals surface area contributed by atoms with E-state index in [1.165, 1.54) is 33.5 Å². The minimum Gasteiger partial charge on any atom is -0.378 e. The number of aromatic amines is 1. The molecule has 0 atom stereocenters. The highest BCUT2D eigenvalue weighted by Crippen LogP contribution is 2.22. The van der Waals surface area contributed by atoms with Gasteiger partial charge in [-0.1, -0.05) is 30.3 Å². The quantitative estimate of drug-likeness (QED) is 0.310. The molecule has 40 heavy (non-hydrogen) atoms. The van der Waals surface area contributed by atoms with Gasteiger partial charge in [0.2, 0.25) is 10.0 Å². The van der Waals surface area contributed by atoms with Crippen LogP contribution in [0, 0.1) is 6.92 Å². The van der Waals surface area contributed by atoms with E-state index in [1.54, 1.807) is 31.2 Å². The van der Waals surface area contributed by atoms with Crippen molar-refractivity contribution in [3.05, 3.63) is 122 Å². The fourth-order valence-electron chi connectivity index (χ4n) is 4.49. The van der Waals surface area contributed by atoms with E-state index in [0.717, 1.165) is 11.3 Å². The summed E-state index contributed by atoms with van der Waals surface area (Å²) in [4.78, 5) is 29.4. The molecule has 0 saturated carbocycles. The lowest BCUT2D eigenvalue weighted by atomic mass is 10.1. The van der Waals surface area contributed by atoms with Crippen LogP contribution in [0.15, 0.2) is 99.1 Å². The first-order chi connectivity index (χ1) is 19.1. The van der Waals surface area contributed by atoms with Crippen molar-refractivity contribution in [3.8, 4) is 11.4 Å². The van der Waals surface area contributed by atoms with Gasteiger partial charge in [0, 0.05) is 19.8 Å². The lowest BCUT2D eigenvalue weighted by Gasteiger charge is -2.11. The summed E-state index contributed by atoms with van der Waals surface area (Å²) in [7, 11) is -0.00161. The fourth-order valence-corrected chi connectivity index (χ4v) is 5.01. The number of aromatic nitrogens is 3. The van der Waals surface area contributed by atoms with E-state index >= 15 is 0 Å². The van der Waals surface area contributed by atoms with Crippen molar-refractivity contribution in [2.75, 3.05) is 19.0 Å². The fraction of sp³-hybridized carbons (Fsp3) is 0.100. The molecule has 3 aromatic carbocycles. The molecule has 0 radical (unpaired) electrons. The number of rotatable bonds is 6. The largest absolute Gasteiger partial charge is 0.378 e. The molecule has 0 fully saturated rings. The summed E-state index contributed by atoms with van der Waals surface area (Å²) in [5.74, 6) is 0. The highest BCUT2D eigenvalue weighted by Gasteiger charge is 2.21. The van der Waals surface area contributed by atoms with Gasteiger partial charge >= 0.3 is 0 Å². The summed E-state index contributed by atoms with van der Waals surface area (Å²) in [5, 5.41) is 8.65. The van der Waals surface area contributed by atoms with Crippen LogP contribution in [0.1, 0.15) is 16.7 Å². The summed E-state index contributed by atoms with van der Waals surface area (Å²) >= 11 is 0. The van der Waals surface area contributed by atoms with Gasteiger partial charge in [0.05, 0.1) is 27.2 Å². The van der Waals surface area contributed by atoms with Crippen LogP contribution < -0.4 is 21.2 Å². The Morgan fingerprint density at radius 1 is 0.850 bits per heavy atom. The topological polar surface area (TPSA) is 123 Å². The average Bonchev–Trinajstić information content (AvgIpc) is 3.28. The van der Waals surface area contributed by atoms with Crippen LogP contribution in [0.3, 0.4) is 0 Å². The zero-order valence-corrected chi connectivity index (χ0v) is 22.9. The van der Waals surface area contributed by atoms with Gasteiger partial charge in [0.15, 0.2) is 0 Å². The summed E-state index contributed by atoms with van der Waals surface area (Å²) in [6.07, 6.45) is 3.32. The second kappa shape index (κ2) is 10.3. The Morgan fingerprint density at radius 2 is 1.50 bits per heavy atom. The number of H-pyrrole nitrogens is 1. The molecule has 0 unspecified atom stereocenters. The maximum atomic E-state index is 13.9. The van der Waals surface area contributed by atoms with Crippen molar-refractivity contribution < 1.29 is 8.42 Å². The summed E-state index contributed by atoms with van der Waals surface area (Å²) < 4.78 is 26.3. The maximum Gasteiger partial charge on any atom is 0.281 e. The zero-order chi connectivity index (χ0) is 28.6. The molecule has 0 aliphatic carbocycles. The maximum absolute atomic E-state index is 13.9. The highest BCUT2D eigenvalue weighted by atomic mass is 32.2. The number of nitrogens with two attached hydrogens (primary N) is 1. The molecular weight excluding hydrogens is 526 g/mol. The molecule has 0 aliphatic heterocycles. The molecular formula is C30H27N5O4S. The molecule has 10 heteroatoms. The van der Waals surface area contributed by atoms with Crippen molar-refractivity contribution in [2.24, 2.45) is 5.14 Å². The number of fused-ring (bicyclic) bond motifs is 1. The van der Waals surface area contributed by atoms with Gasteiger partial charge in [-0.15, -0.1) is 5.73 Å². The van der Waals surface area contributed by atoms with Gasteiger partial charge in [-0.25, -0.2) is 18.2 Å². The molecule has 2 heterocycles. The molecule has 202 valence electrons. The van der Waals surface area contributed by atoms with Crippen molar-refractivity contribution in [1.29, 1.82) is 0 Å². The summed E-state index contributed by atoms with van der Waals surface area (Å²) in [6.45, 7) is 1.72. The molecule has 0 bridgehead atoms. The molecule has 5 aromatic rings. The molecule has 0 amide bonds. The molecule has 0 spiro atoms. The number of benzene rings is 3. The van der Waals surface area contributed by atoms with Gasteiger partial charge in [0.1, 0.15) is 5.65 Å². The van der Waals surface area contributed by atoms with Crippen LogP contribution in [0.2, 0.25) is 0 Å². The average molecular weight is 554 g/mol. The monoisotopic (exact) mass is 553 g/mol. The highest BCUT2D eigenvalue weighted by molar-refractivity contribution is 7.89. The second-order valence-electron chi connectivity index (χ2n) is 9.47. The van der Waals surface area contributed by atoms with E-state index in [1.807, 2.05) is 61.5 Å². The Labute approximate surface area is 230 Å². The summed E-state index contributed by atoms with van der Waals surface area (Å²) in [6, 6.07) is 22.5. The third-order valence-electron chi connectivity index (χ3n) is 6.63. The number of sulfonamides is 1. The first kappa shape index (κ1) is 26.7. The van der Waals surface area contributed by atoms with Crippen LogP contribution in [0.25, 0.3) is 34.6 Å². The Balaban J connectivity index is 1.74. The van der Waals surface area contributed by atoms with E-state index in [-0.39, 0.29) is 21.7 Å². The number of pyridine rings is 1. The van der Waals surface area contributed by atoms with Crippen LogP contribution in [-0.2, 0) is 10.0 Å². The van der Waals surface area contributed by atoms with E-state index in [4.69, 9.17) is 5.14 Å². The normalized spacial score (nSPS) is 11.3. The SMILES string of the molecule is Cc1c(C=C=Cc2ccc(N(C)C)cc2)c(=O)n(-c2ccc(S(N)(=O)=O)cc2)c2[nH]n(-c3ccccc3)c(=O)c12. The minimum atomic E-state index is -3.93. The molecule has 3 N–H and O–H groups in total. The van der Waals surface area contributed by atoms with E-state index < -0.39 is 15.6 Å². The Bertz CT molecular complexity index is 2010. The van der Waals surface area contributed by atoms with Gasteiger partial charge < -0.3 is 4.90 Å². The number of para-hydroxylation sites is 1. The third-order valence-corrected chi connectivity index (χ3v) is 7.56. The van der Waals surface area contributed by atoms with Gasteiger partial charge in [-0.3, -0.25) is 19.3 Å². The number of nitrogens with one attached hydrogen (secondary N) is 1. The Morgan fingerprint density at radius 3 is 2.10 bits per heavy atom. The van der Waals surface area contributed by atoms with Crippen LogP contribution in [-0.4, -0.2) is 36.9 Å². The van der Waals surface area contributed by atoms with Crippen molar-refractivity contribution >= 4 is 38.9 Å². The number of aryl methyl sites for hydroxylation is 1. The number of primary sulfonamides is 1. The number of hydrogen-bond donors (Lipinski definition) is 2. The van der Waals surface area contributed by atoms with E-state index in [9.17, 15) is 18.0 Å². The third kappa shape index (κ3) is 4.94. The lowest BCUT2D eigenvalue weighted by molar-refractivity contribution is 0.598. The van der Waals surface area contributed by atoms with Crippen LogP contribution >= 0.6 is 0 Å². The van der Waals surface area contributed by atoms with E-state index in [2.05, 4.69) is 10.8 Å². The number of hydrogen-bond acceptors (Lipinski definition) is 5. The van der Waals surface area contributed by atoms with Gasteiger partial charge in [0.25, 0.3) is 11.1 Å². The number of nitrogens with zero attached hydrogens (tertiary/aromatic N) is 3. The lowest BCUT2D eigenvalue weighted by Crippen LogP contribution is -2.23. The predicted octanol–water partition coefficient (Wildman–Crippen LogP) is 3.82. The second-order valence-corrected chi connectivity index (χ2v) is 11.0. The number of anilines is 1. The van der Waals surface area contributed by atoms with Gasteiger partial charge in [-0.05, 0) is 78.7 Å². The predicted molar refractivity (Wildman–Crippen MR) is 159 cm³/mol. The van der Waals surface area contributed by atoms with Gasteiger partial charge in [-0.2, -0.15) is 0 Å². The van der Waals surface area contributed by atoms with Crippen molar-refractivity contribution in [3.63, 3.8) is 0 Å². The standard InChI is InChI=1S/C30H27N5O4S/c1-20-26(11-7-8-21-12-14-22(15-13-21)33(2)3)29(36)34(23-16-18-25(19-17-23)40(31,38)39)28-27(20)30(37)35(32-28)24-9-5-4-6-10-24/h4-6,8-19,32H,1-3H3,(H2,31,38,39). The molecule has 9 nitrogen and oxygen atoms in total. The first-order valence-electron chi connectivity index (χ1n) is 12.3. The van der Waals surface area contributed by atoms with Crippen molar-refractivity contribution in [1.82, 2.24) is 14.3 Å². The molecule has 5 rings (SSSR count). The van der Waals surface area contributed by atoms with Crippen LogP contribution in [0.5, 0.6) is 0 Å². The molecule has 0 saturated heterocycles.